The van der Waals surface area contributed by atoms with Crippen LogP contribution >= 0.6 is 0 Å². The van der Waals surface area contributed by atoms with E-state index >= 15 is 0 Å². The quantitative estimate of drug-likeness (QED) is 0.0293. The highest BCUT2D eigenvalue weighted by atomic mass is 16.8. The Balaban J connectivity index is 1.14. The van der Waals surface area contributed by atoms with Gasteiger partial charge in [0.25, 0.3) is 0 Å². The second kappa shape index (κ2) is 46.6. The molecule has 0 radical (unpaired) electrons. The minimum Gasteiger partial charge on any atom is -0.463 e. The van der Waals surface area contributed by atoms with Gasteiger partial charge in [-0.1, -0.05) is 72.8 Å². The molecular weight excluding hydrogens is 1900 g/mol. The SMILES string of the molecule is CC(=O)OC[C@H]1O[C@@H](Oc2ccccc2-c2c3nc(c(-c4ccccc4O[C@@H]4O[C@H](COC(C)=O)[C@@H](OC(C)=O)[C@H](OC(C)=O)[C@H]4OC(C)=O)c4ccc([nH]4)c(-c4ccccc4O[C@@H]4O[C@H](COC(C)=O)[C@@H](OC(C)=O)[C@H](OC(C)=O)[C@H]4OC(C)=O)c4nc(c(-c5ccccc5O[C@@H]5O[C@H](COC(C)=O)[C@@H](OC(C)=O)[C@H](OC(C)=O)[C@H]5OC(C)=O)c5ccc2[nH]5)C=C4)C=C3)[C@H](OC(C)=O)[C@@H](OC(C)=O)[C@@H]1OC(C)=O. The molecule has 4 saturated heterocycles. The average molecular weight is 2000 g/mol. The molecule has 8 bridgehead atoms. The minimum atomic E-state index is -1.87. The van der Waals surface area contributed by atoms with Crippen LogP contribution in [0.25, 0.3) is 90.9 Å². The lowest BCUT2D eigenvalue weighted by molar-refractivity contribution is -0.288. The van der Waals surface area contributed by atoms with Crippen molar-refractivity contribution in [1.29, 1.82) is 0 Å². The summed E-state index contributed by atoms with van der Waals surface area (Å²) in [6.07, 6.45) is -27.8. The summed E-state index contributed by atoms with van der Waals surface area (Å²) in [6.45, 7) is 14.3. The standard InChI is InChI=1S/C100H102N4O40/c1-45(105)121-41-77-85(125-49(5)109)89(129-53(9)113)93(133-57(13)117)97(141-77)137-73-29-21-17-25-61(73)81-65-33-35-67(101-65)82(62-26-18-22-30-74(62)138-98-94(134-58(14)118)90(130-54(10)114)86(126-50(6)110)78(142-98)42-122-46(2)106)69-37-39-71(103-69)84(64-28-20-24-32-76(64)140-100-96(136-60(16)120)92(132-56(12)116)88(128-52(8)112)80(144-100)44-124-48(4)108)72-40-38-70(104-72)83(68-36-34-66(81)102-68)63-27-19-23-31-75(63)139-99-95(135-59(15)119)91(131-55(11)115)87(127-51(7)111)79(143-99)43-123-47(3)107/h17-40,77-80,85-101,104H,41-44H2,1-16H3/t77-,78-,79-,80-,85-,86-,87-,88-,89+,90+,91+,92+,93-,94-,95-,96-,97-,98-,99-,100-/m1/s1. The number of hydrogen-bond acceptors (Lipinski definition) is 42. The number of nitrogens with zero attached hydrogens (tertiary/aromatic N) is 2. The zero-order chi connectivity index (χ0) is 104. The molecule has 7 aromatic rings. The highest BCUT2D eigenvalue weighted by Gasteiger charge is 2.59. The van der Waals surface area contributed by atoms with E-state index < -0.39 is 245 Å². The molecule has 0 amide bonds. The van der Waals surface area contributed by atoms with Crippen LogP contribution < -0.4 is 18.9 Å². The molecule has 4 fully saturated rings. The summed E-state index contributed by atoms with van der Waals surface area (Å²) in [5.74, 6) is -15.0. The predicted octanol–water partition coefficient (Wildman–Crippen LogP) is 9.17. The summed E-state index contributed by atoms with van der Waals surface area (Å²) >= 11 is 0. The van der Waals surface area contributed by atoms with Crippen LogP contribution in [0.1, 0.15) is 134 Å². The highest BCUT2D eigenvalue weighted by molar-refractivity contribution is 6.02. The van der Waals surface area contributed by atoms with Crippen molar-refractivity contribution >= 4 is 142 Å². The number of esters is 16. The Bertz CT molecular complexity index is 5630. The van der Waals surface area contributed by atoms with E-state index in [0.717, 1.165) is 111 Å². The Kier molecular flexibility index (Phi) is 34.1. The van der Waals surface area contributed by atoms with Crippen molar-refractivity contribution in [3.63, 3.8) is 0 Å². The molecule has 144 heavy (non-hydrogen) atoms. The minimum absolute atomic E-state index is 0.0774. The molecule has 0 spiro atoms. The first-order chi connectivity index (χ1) is 68.5. The van der Waals surface area contributed by atoms with Gasteiger partial charge in [-0.15, -0.1) is 0 Å². The molecule has 6 aliphatic rings. The molecule has 13 rings (SSSR count). The summed E-state index contributed by atoms with van der Waals surface area (Å²) in [7, 11) is 0. The first-order valence-corrected chi connectivity index (χ1v) is 45.0. The maximum Gasteiger partial charge on any atom is 0.303 e. The summed E-state index contributed by atoms with van der Waals surface area (Å²) in [6, 6.07) is 31.8. The fourth-order valence-corrected chi connectivity index (χ4v) is 17.1. The van der Waals surface area contributed by atoms with E-state index in [1.165, 1.54) is 24.3 Å². The van der Waals surface area contributed by atoms with Crippen molar-refractivity contribution in [2.75, 3.05) is 26.4 Å². The average Bonchev–Trinajstić information content (AvgIpc) is 1.57. The second-order valence-electron chi connectivity index (χ2n) is 33.2. The van der Waals surface area contributed by atoms with Crippen LogP contribution in [-0.2, 0) is 171 Å². The zero-order valence-corrected chi connectivity index (χ0v) is 80.5. The monoisotopic (exact) mass is 2000 g/mol. The van der Waals surface area contributed by atoms with E-state index in [1.54, 1.807) is 121 Å². The van der Waals surface area contributed by atoms with Gasteiger partial charge in [0.05, 0.1) is 22.8 Å². The number of benzene rings is 4. The van der Waals surface area contributed by atoms with Crippen LogP contribution in [0.5, 0.6) is 23.0 Å². The smallest absolute Gasteiger partial charge is 0.303 e. The van der Waals surface area contributed by atoms with Crippen LogP contribution in [0, 0.1) is 0 Å². The number of H-pyrrole nitrogens is 2. The molecule has 762 valence electrons. The Hall–Kier alpha value is -16.0. The van der Waals surface area contributed by atoms with Crippen LogP contribution in [0.4, 0.5) is 0 Å². The predicted molar refractivity (Wildman–Crippen MR) is 491 cm³/mol. The Morgan fingerprint density at radius 2 is 0.389 bits per heavy atom. The summed E-state index contributed by atoms with van der Waals surface area (Å²) in [5, 5.41) is 0. The lowest BCUT2D eigenvalue weighted by Crippen LogP contribution is -2.63. The lowest BCUT2D eigenvalue weighted by atomic mass is 9.97. The van der Waals surface area contributed by atoms with Crippen molar-refractivity contribution < 1.29 is 190 Å². The number of nitrogens with one attached hydrogen (secondary N) is 2. The molecule has 20 atom stereocenters. The van der Waals surface area contributed by atoms with Gasteiger partial charge in [0.2, 0.25) is 49.6 Å². The third kappa shape index (κ3) is 25.9. The highest BCUT2D eigenvalue weighted by Crippen LogP contribution is 2.48. The van der Waals surface area contributed by atoms with Gasteiger partial charge >= 0.3 is 95.5 Å². The maximum absolute atomic E-state index is 13.5. The maximum atomic E-state index is 13.5. The molecule has 44 heteroatoms. The molecule has 0 unspecified atom stereocenters. The number of hydrogen-bond donors (Lipinski definition) is 2. The number of ether oxygens (including phenoxy) is 24. The molecule has 4 aromatic carbocycles. The molecule has 44 nitrogen and oxygen atoms in total. The van der Waals surface area contributed by atoms with Gasteiger partial charge in [-0.05, 0) is 72.8 Å². The van der Waals surface area contributed by atoms with Crippen molar-refractivity contribution in [2.24, 2.45) is 0 Å². The Labute approximate surface area is 820 Å². The lowest BCUT2D eigenvalue weighted by Gasteiger charge is -2.44. The van der Waals surface area contributed by atoms with Crippen LogP contribution in [-0.4, -0.2) is 265 Å². The largest absolute Gasteiger partial charge is 0.463 e. The van der Waals surface area contributed by atoms with E-state index in [1.807, 2.05) is 0 Å². The molecule has 0 aliphatic carbocycles. The number of carbonyl (C=O) groups is 16. The molecule has 3 aromatic heterocycles. The summed E-state index contributed by atoms with van der Waals surface area (Å²) in [4.78, 5) is 228. The fraction of sp³-hybridized carbons (Fsp3) is 0.400. The van der Waals surface area contributed by atoms with Crippen molar-refractivity contribution in [2.45, 2.75) is 234 Å². The van der Waals surface area contributed by atoms with Gasteiger partial charge < -0.3 is 124 Å². The molecule has 9 heterocycles. The first kappa shape index (κ1) is 105. The van der Waals surface area contributed by atoms with E-state index in [0.29, 0.717) is 0 Å². The number of rotatable bonds is 32. The molecular formula is C100H102N4O40. The van der Waals surface area contributed by atoms with Crippen LogP contribution in [0.15, 0.2) is 121 Å². The zero-order valence-electron chi connectivity index (χ0n) is 80.5. The van der Waals surface area contributed by atoms with E-state index in [9.17, 15) is 76.7 Å². The van der Waals surface area contributed by atoms with Crippen molar-refractivity contribution in [3.05, 3.63) is 144 Å². The molecule has 6 aliphatic heterocycles. The fourth-order valence-electron chi connectivity index (χ4n) is 17.1. The van der Waals surface area contributed by atoms with Crippen LogP contribution in [0.2, 0.25) is 0 Å². The summed E-state index contributed by atoms with van der Waals surface area (Å²) < 4.78 is 146. The number of para-hydroxylation sites is 4. The van der Waals surface area contributed by atoms with E-state index in [-0.39, 0.29) is 112 Å². The van der Waals surface area contributed by atoms with Gasteiger partial charge in [0.15, 0.2) is 48.8 Å². The van der Waals surface area contributed by atoms with Gasteiger partial charge in [-0.3, -0.25) is 76.7 Å². The van der Waals surface area contributed by atoms with E-state index in [2.05, 4.69) is 9.97 Å². The van der Waals surface area contributed by atoms with E-state index in [4.69, 9.17) is 124 Å². The van der Waals surface area contributed by atoms with Gasteiger partial charge in [-0.25, -0.2) is 9.97 Å². The first-order valence-electron chi connectivity index (χ1n) is 45.0. The molecule has 2 N–H and O–H groups in total. The number of aromatic nitrogens is 4. The topological polar surface area (TPSA) is 552 Å². The molecule has 0 saturated carbocycles. The number of fused-ring (bicyclic) bond motifs is 8. The Morgan fingerprint density at radius 3 is 0.562 bits per heavy atom. The van der Waals surface area contributed by atoms with Gasteiger partial charge in [0.1, 0.15) is 73.8 Å². The number of carbonyl (C=O) groups excluding carboxylic acids is 16. The second-order valence-corrected chi connectivity index (χ2v) is 33.2. The van der Waals surface area contributed by atoms with Crippen molar-refractivity contribution in [3.8, 4) is 67.5 Å². The third-order valence-electron chi connectivity index (χ3n) is 22.1. The van der Waals surface area contributed by atoms with Gasteiger partial charge in [0, 0.05) is 177 Å². The van der Waals surface area contributed by atoms with Crippen LogP contribution in [0.3, 0.4) is 0 Å². The van der Waals surface area contributed by atoms with Gasteiger partial charge in [-0.2, -0.15) is 0 Å². The van der Waals surface area contributed by atoms with Crippen molar-refractivity contribution in [1.82, 2.24) is 19.9 Å². The normalized spacial score (nSPS) is 23.9. The number of aromatic amines is 2. The summed E-state index contributed by atoms with van der Waals surface area (Å²) in [5.41, 5.74) is 2.09. The Morgan fingerprint density at radius 1 is 0.222 bits per heavy atom. The third-order valence-corrected chi connectivity index (χ3v) is 22.1.